The molecule has 0 amide bonds. The highest BCUT2D eigenvalue weighted by molar-refractivity contribution is 9.10. The van der Waals surface area contributed by atoms with Gasteiger partial charge in [0.2, 0.25) is 0 Å². The van der Waals surface area contributed by atoms with Crippen LogP contribution in [0.5, 0.6) is 0 Å². The zero-order chi connectivity index (χ0) is 13.3. The zero-order valence-corrected chi connectivity index (χ0v) is 11.2. The Kier molecular flexibility index (Phi) is 3.52. The van der Waals surface area contributed by atoms with Crippen molar-refractivity contribution in [2.24, 2.45) is 0 Å². The van der Waals surface area contributed by atoms with Crippen LogP contribution in [0.4, 0.5) is 4.39 Å². The molecule has 2 N–H and O–H groups in total. The van der Waals surface area contributed by atoms with E-state index in [9.17, 15) is 9.18 Å². The number of H-pyrrole nitrogens is 1. The molecule has 0 saturated heterocycles. The first-order valence-corrected chi connectivity index (χ1v) is 6.22. The largest absolute Gasteiger partial charge is 0.478 e. The van der Waals surface area contributed by atoms with Crippen molar-refractivity contribution in [1.82, 2.24) is 4.98 Å². The maximum atomic E-state index is 13.2. The Balaban J connectivity index is 2.54. The van der Waals surface area contributed by atoms with Crippen LogP contribution in [0.25, 0.3) is 17.0 Å². The minimum atomic E-state index is -0.943. The molecule has 0 aliphatic carbocycles. The van der Waals surface area contributed by atoms with E-state index in [0.717, 1.165) is 5.39 Å². The van der Waals surface area contributed by atoms with Crippen molar-refractivity contribution in [3.05, 3.63) is 39.8 Å². The molecule has 1 aromatic carbocycles. The molecule has 0 fully saturated rings. The number of benzene rings is 1. The highest BCUT2D eigenvalue weighted by Crippen LogP contribution is 2.27. The number of carboxylic acid groups (broad SMARTS) is 1. The summed E-state index contributed by atoms with van der Waals surface area (Å²) in [6.07, 6.45) is 1.99. The van der Waals surface area contributed by atoms with E-state index in [1.807, 2.05) is 0 Å². The van der Waals surface area contributed by atoms with Crippen LogP contribution in [0.2, 0.25) is 0 Å². The molecule has 1 heterocycles. The number of fused-ring (bicyclic) bond motifs is 1. The molecule has 0 unspecified atom stereocenters. The summed E-state index contributed by atoms with van der Waals surface area (Å²) in [4.78, 5) is 13.9. The van der Waals surface area contributed by atoms with Crippen LogP contribution >= 0.6 is 15.9 Å². The summed E-state index contributed by atoms with van der Waals surface area (Å²) in [6, 6.07) is 4.54. The fourth-order valence-corrected chi connectivity index (χ4v) is 2.31. The number of aliphatic carboxylic acids is 1. The lowest BCUT2D eigenvalue weighted by atomic mass is 10.1. The molecule has 18 heavy (non-hydrogen) atoms. The number of aromatic amines is 1. The predicted molar refractivity (Wildman–Crippen MR) is 71.9 cm³/mol. The lowest BCUT2D eigenvalue weighted by molar-refractivity contribution is -0.132. The Morgan fingerprint density at radius 3 is 2.83 bits per heavy atom. The first-order valence-electron chi connectivity index (χ1n) is 5.43. The summed E-state index contributed by atoms with van der Waals surface area (Å²) in [5.41, 5.74) is 1.59. The monoisotopic (exact) mass is 311 g/mol. The van der Waals surface area contributed by atoms with E-state index in [0.29, 0.717) is 27.7 Å². The van der Waals surface area contributed by atoms with Gasteiger partial charge in [0, 0.05) is 26.6 Å². The second-order valence-electron chi connectivity index (χ2n) is 3.90. The first kappa shape index (κ1) is 12.8. The molecule has 2 rings (SSSR count). The van der Waals surface area contributed by atoms with E-state index in [-0.39, 0.29) is 5.82 Å². The molecule has 5 heteroatoms. The average molecular weight is 312 g/mol. The Morgan fingerprint density at radius 2 is 2.22 bits per heavy atom. The van der Waals surface area contributed by atoms with Crippen LogP contribution in [-0.4, -0.2) is 16.1 Å². The SMILES string of the molecule is CC/C(=C\c1cc2c(Br)cc(F)cc2[nH]1)C(=O)O. The number of carbonyl (C=O) groups is 1. The van der Waals surface area contributed by atoms with Crippen LogP contribution < -0.4 is 0 Å². The topological polar surface area (TPSA) is 53.1 Å². The van der Waals surface area contributed by atoms with Crippen LogP contribution in [-0.2, 0) is 4.79 Å². The molecular weight excluding hydrogens is 301 g/mol. The smallest absolute Gasteiger partial charge is 0.331 e. The molecule has 3 nitrogen and oxygen atoms in total. The summed E-state index contributed by atoms with van der Waals surface area (Å²) in [5.74, 6) is -1.29. The minimum Gasteiger partial charge on any atom is -0.478 e. The van der Waals surface area contributed by atoms with Crippen LogP contribution in [0, 0.1) is 5.82 Å². The normalized spacial score (nSPS) is 12.1. The lowest BCUT2D eigenvalue weighted by Crippen LogP contribution is -1.98. The van der Waals surface area contributed by atoms with E-state index in [1.54, 1.807) is 19.1 Å². The zero-order valence-electron chi connectivity index (χ0n) is 9.63. The molecule has 0 spiro atoms. The molecule has 1 aromatic heterocycles. The number of hydrogen-bond donors (Lipinski definition) is 2. The Bertz CT molecular complexity index is 646. The van der Waals surface area contributed by atoms with Crippen LogP contribution in [0.15, 0.2) is 28.2 Å². The van der Waals surface area contributed by atoms with E-state index >= 15 is 0 Å². The summed E-state index contributed by atoms with van der Waals surface area (Å²) < 4.78 is 13.8. The van der Waals surface area contributed by atoms with Gasteiger partial charge in [-0.2, -0.15) is 0 Å². The van der Waals surface area contributed by atoms with Crippen molar-refractivity contribution in [2.75, 3.05) is 0 Å². The van der Waals surface area contributed by atoms with Crippen molar-refractivity contribution < 1.29 is 14.3 Å². The molecular formula is C13H11BrFNO2. The first-order chi connectivity index (χ1) is 8.51. The Labute approximate surface area is 111 Å². The third-order valence-electron chi connectivity index (χ3n) is 2.66. The van der Waals surface area contributed by atoms with Gasteiger partial charge in [-0.25, -0.2) is 9.18 Å². The number of rotatable bonds is 3. The third kappa shape index (κ3) is 2.46. The van der Waals surface area contributed by atoms with Gasteiger partial charge in [-0.1, -0.05) is 6.92 Å². The lowest BCUT2D eigenvalue weighted by Gasteiger charge is -1.95. The quantitative estimate of drug-likeness (QED) is 0.843. The van der Waals surface area contributed by atoms with E-state index < -0.39 is 5.97 Å². The van der Waals surface area contributed by atoms with Crippen molar-refractivity contribution in [3.63, 3.8) is 0 Å². The van der Waals surface area contributed by atoms with Gasteiger partial charge in [0.05, 0.1) is 0 Å². The number of aromatic nitrogens is 1. The van der Waals surface area contributed by atoms with Gasteiger partial charge < -0.3 is 10.1 Å². The Morgan fingerprint density at radius 1 is 1.50 bits per heavy atom. The molecule has 2 aromatic rings. The second kappa shape index (κ2) is 4.94. The number of halogens is 2. The van der Waals surface area contributed by atoms with Gasteiger partial charge in [0.1, 0.15) is 5.82 Å². The molecule has 0 atom stereocenters. The average Bonchev–Trinajstić information content (AvgIpc) is 2.68. The molecule has 0 aliphatic heterocycles. The minimum absolute atomic E-state index is 0.304. The van der Waals surface area contributed by atoms with Gasteiger partial charge in [-0.15, -0.1) is 0 Å². The maximum absolute atomic E-state index is 13.2. The van der Waals surface area contributed by atoms with Gasteiger partial charge in [-0.05, 0) is 46.6 Å². The predicted octanol–water partition coefficient (Wildman–Crippen LogP) is 3.95. The number of hydrogen-bond acceptors (Lipinski definition) is 1. The summed E-state index contributed by atoms with van der Waals surface area (Å²) in [6.45, 7) is 1.78. The van der Waals surface area contributed by atoms with Crippen molar-refractivity contribution >= 4 is 38.9 Å². The molecule has 0 radical (unpaired) electrons. The molecule has 0 saturated carbocycles. The van der Waals surface area contributed by atoms with E-state index in [4.69, 9.17) is 5.11 Å². The molecule has 0 aliphatic rings. The number of carboxylic acids is 1. The van der Waals surface area contributed by atoms with E-state index in [2.05, 4.69) is 20.9 Å². The Hall–Kier alpha value is -1.62. The summed E-state index contributed by atoms with van der Waals surface area (Å²) >= 11 is 3.28. The summed E-state index contributed by atoms with van der Waals surface area (Å²) in [7, 11) is 0. The van der Waals surface area contributed by atoms with Crippen molar-refractivity contribution in [1.29, 1.82) is 0 Å². The van der Waals surface area contributed by atoms with Gasteiger partial charge >= 0.3 is 5.97 Å². The second-order valence-corrected chi connectivity index (χ2v) is 4.76. The highest BCUT2D eigenvalue weighted by Gasteiger charge is 2.08. The van der Waals surface area contributed by atoms with Gasteiger partial charge in [0.25, 0.3) is 0 Å². The number of nitrogens with one attached hydrogen (secondary N) is 1. The van der Waals surface area contributed by atoms with Crippen LogP contribution in [0.1, 0.15) is 19.0 Å². The summed E-state index contributed by atoms with van der Waals surface area (Å²) in [5, 5.41) is 9.78. The van der Waals surface area contributed by atoms with Gasteiger partial charge in [0.15, 0.2) is 0 Å². The van der Waals surface area contributed by atoms with Gasteiger partial charge in [-0.3, -0.25) is 0 Å². The third-order valence-corrected chi connectivity index (χ3v) is 3.31. The molecule has 94 valence electrons. The van der Waals surface area contributed by atoms with Crippen LogP contribution in [0.3, 0.4) is 0 Å². The maximum Gasteiger partial charge on any atom is 0.331 e. The highest BCUT2D eigenvalue weighted by atomic mass is 79.9. The fourth-order valence-electron chi connectivity index (χ4n) is 1.76. The van der Waals surface area contributed by atoms with Crippen molar-refractivity contribution in [2.45, 2.75) is 13.3 Å². The standard InChI is InChI=1S/C13H11BrFNO2/c1-2-7(13(17)18)3-9-6-10-11(14)4-8(15)5-12(10)16-9/h3-6,16H,2H2,1H3,(H,17,18)/b7-3+. The van der Waals surface area contributed by atoms with E-state index in [1.165, 1.54) is 12.1 Å². The van der Waals surface area contributed by atoms with Crippen molar-refractivity contribution in [3.8, 4) is 0 Å². The fraction of sp³-hybridized carbons (Fsp3) is 0.154. The molecule has 0 bridgehead atoms.